The van der Waals surface area contributed by atoms with Crippen LogP contribution in [0, 0.1) is 0 Å². The first-order valence-corrected chi connectivity index (χ1v) is 9.73. The van der Waals surface area contributed by atoms with Gasteiger partial charge in [-0.15, -0.1) is 0 Å². The average Bonchev–Trinajstić information content (AvgIpc) is 2.60. The fourth-order valence-corrected chi connectivity index (χ4v) is 5.11. The van der Waals surface area contributed by atoms with E-state index in [2.05, 4.69) is 0 Å². The fourth-order valence-electron chi connectivity index (χ4n) is 3.43. The molecule has 0 unspecified atom stereocenters. The van der Waals surface area contributed by atoms with Crippen LogP contribution >= 0.6 is 0 Å². The Morgan fingerprint density at radius 3 is 2.48 bits per heavy atom. The lowest BCUT2D eigenvalue weighted by Crippen LogP contribution is -2.46. The highest BCUT2D eigenvalue weighted by Crippen LogP contribution is 2.28. The summed E-state index contributed by atoms with van der Waals surface area (Å²) in [4.78, 5) is 13.0. The van der Waals surface area contributed by atoms with Crippen molar-refractivity contribution in [2.45, 2.75) is 23.8 Å². The number of benzene rings is 2. The molecular weight excluding hydrogens is 340 g/mol. The number of carboxylic acids is 1. The largest absolute Gasteiger partial charge is 0.480 e. The molecule has 0 atom stereocenters. The smallest absolute Gasteiger partial charge is 0.317 e. The first-order valence-electron chi connectivity index (χ1n) is 8.29. The molecule has 1 N–H and O–H groups in total. The maximum Gasteiger partial charge on any atom is 0.317 e. The van der Waals surface area contributed by atoms with Gasteiger partial charge in [0.2, 0.25) is 10.0 Å². The van der Waals surface area contributed by atoms with E-state index >= 15 is 0 Å². The molecule has 25 heavy (non-hydrogen) atoms. The SMILES string of the molecule is CN(CC(=O)O)C1CCN(S(=O)(=O)c2cccc3ccccc23)CC1. The minimum Gasteiger partial charge on any atom is -0.480 e. The van der Waals surface area contributed by atoms with Gasteiger partial charge in [0.05, 0.1) is 11.4 Å². The van der Waals surface area contributed by atoms with Crippen LogP contribution in [0.5, 0.6) is 0 Å². The summed E-state index contributed by atoms with van der Waals surface area (Å²) in [6.45, 7) is 0.779. The third kappa shape index (κ3) is 3.68. The summed E-state index contributed by atoms with van der Waals surface area (Å²) in [5.41, 5.74) is 0. The second kappa shape index (κ2) is 7.11. The summed E-state index contributed by atoms with van der Waals surface area (Å²) in [6, 6.07) is 12.9. The van der Waals surface area contributed by atoms with Crippen LogP contribution in [0.3, 0.4) is 0 Å². The van der Waals surface area contributed by atoms with Crippen LogP contribution in [0.25, 0.3) is 10.8 Å². The second-order valence-corrected chi connectivity index (χ2v) is 8.33. The van der Waals surface area contributed by atoms with Gasteiger partial charge in [0.25, 0.3) is 0 Å². The number of sulfonamides is 1. The molecule has 3 rings (SSSR count). The van der Waals surface area contributed by atoms with Crippen molar-refractivity contribution in [1.82, 2.24) is 9.21 Å². The van der Waals surface area contributed by atoms with E-state index in [9.17, 15) is 13.2 Å². The van der Waals surface area contributed by atoms with Crippen LogP contribution in [0.4, 0.5) is 0 Å². The zero-order chi connectivity index (χ0) is 18.0. The number of rotatable bonds is 5. The Hall–Kier alpha value is -1.96. The number of hydrogen-bond donors (Lipinski definition) is 1. The molecule has 0 radical (unpaired) electrons. The van der Waals surface area contributed by atoms with Crippen molar-refractivity contribution in [3.63, 3.8) is 0 Å². The summed E-state index contributed by atoms with van der Waals surface area (Å²) >= 11 is 0. The lowest BCUT2D eigenvalue weighted by Gasteiger charge is -2.35. The van der Waals surface area contributed by atoms with Crippen molar-refractivity contribution in [1.29, 1.82) is 0 Å². The van der Waals surface area contributed by atoms with Crippen molar-refractivity contribution >= 4 is 26.8 Å². The summed E-state index contributed by atoms with van der Waals surface area (Å²) < 4.78 is 27.7. The molecule has 0 aromatic heterocycles. The van der Waals surface area contributed by atoms with E-state index in [0.29, 0.717) is 30.8 Å². The Bertz CT molecular complexity index is 868. The molecule has 1 aliphatic heterocycles. The van der Waals surface area contributed by atoms with E-state index in [1.54, 1.807) is 24.1 Å². The van der Waals surface area contributed by atoms with Crippen LogP contribution in [-0.2, 0) is 14.8 Å². The van der Waals surface area contributed by atoms with Gasteiger partial charge < -0.3 is 5.11 Å². The summed E-state index contributed by atoms with van der Waals surface area (Å²) in [5, 5.41) is 10.5. The monoisotopic (exact) mass is 362 g/mol. The van der Waals surface area contributed by atoms with E-state index in [-0.39, 0.29) is 12.6 Å². The van der Waals surface area contributed by atoms with Crippen LogP contribution in [0.1, 0.15) is 12.8 Å². The number of likely N-dealkylation sites (N-methyl/N-ethyl adjacent to an activating group) is 1. The number of fused-ring (bicyclic) bond motifs is 1. The minimum absolute atomic E-state index is 0.0270. The lowest BCUT2D eigenvalue weighted by molar-refractivity contribution is -0.138. The number of carbonyl (C=O) groups is 1. The highest BCUT2D eigenvalue weighted by atomic mass is 32.2. The Labute approximate surface area is 147 Å². The number of nitrogens with zero attached hydrogens (tertiary/aromatic N) is 2. The maximum atomic E-state index is 13.1. The molecule has 1 heterocycles. The predicted octanol–water partition coefficient (Wildman–Crippen LogP) is 2.01. The normalized spacial score (nSPS) is 17.2. The molecule has 6 nitrogen and oxygen atoms in total. The van der Waals surface area contributed by atoms with Crippen molar-refractivity contribution in [3.8, 4) is 0 Å². The standard InChI is InChI=1S/C18H22N2O4S/c1-19(13-18(21)22)15-9-11-20(12-10-15)25(23,24)17-8-4-6-14-5-2-3-7-16(14)17/h2-8,15H,9-13H2,1H3,(H,21,22). The first-order chi connectivity index (χ1) is 11.9. The Balaban J connectivity index is 1.79. The molecule has 1 aliphatic rings. The summed E-state index contributed by atoms with van der Waals surface area (Å²) in [6.07, 6.45) is 1.27. The van der Waals surface area contributed by atoms with Crippen LogP contribution in [0.2, 0.25) is 0 Å². The summed E-state index contributed by atoms with van der Waals surface area (Å²) in [5.74, 6) is -0.867. The molecule has 2 aromatic carbocycles. The van der Waals surface area contributed by atoms with E-state index in [1.165, 1.54) is 4.31 Å². The van der Waals surface area contributed by atoms with Gasteiger partial charge in [-0.3, -0.25) is 9.69 Å². The van der Waals surface area contributed by atoms with Crippen LogP contribution in [0.15, 0.2) is 47.4 Å². The third-order valence-electron chi connectivity index (χ3n) is 4.80. The number of hydrogen-bond acceptors (Lipinski definition) is 4. The van der Waals surface area contributed by atoms with Crippen LogP contribution in [-0.4, -0.2) is 61.4 Å². The Morgan fingerprint density at radius 1 is 1.16 bits per heavy atom. The van der Waals surface area contributed by atoms with Gasteiger partial charge in [0.15, 0.2) is 0 Å². The van der Waals surface area contributed by atoms with Gasteiger partial charge in [-0.05, 0) is 31.3 Å². The predicted molar refractivity (Wildman–Crippen MR) is 96.0 cm³/mol. The molecule has 0 amide bonds. The van der Waals surface area contributed by atoms with E-state index in [4.69, 9.17) is 5.11 Å². The Morgan fingerprint density at radius 2 is 1.80 bits per heavy atom. The summed E-state index contributed by atoms with van der Waals surface area (Å²) in [7, 11) is -1.79. The average molecular weight is 362 g/mol. The number of piperidine rings is 1. The molecule has 0 saturated carbocycles. The first kappa shape index (κ1) is 17.8. The molecular formula is C18H22N2O4S. The van der Waals surface area contributed by atoms with Crippen molar-refractivity contribution in [2.75, 3.05) is 26.7 Å². The number of aliphatic carboxylic acids is 1. The molecule has 0 bridgehead atoms. The lowest BCUT2D eigenvalue weighted by atomic mass is 10.1. The van der Waals surface area contributed by atoms with Crippen molar-refractivity contribution < 1.29 is 18.3 Å². The third-order valence-corrected chi connectivity index (χ3v) is 6.76. The number of carboxylic acid groups (broad SMARTS) is 1. The zero-order valence-electron chi connectivity index (χ0n) is 14.1. The van der Waals surface area contributed by atoms with Gasteiger partial charge in [0.1, 0.15) is 0 Å². The van der Waals surface area contributed by atoms with Gasteiger partial charge >= 0.3 is 5.97 Å². The van der Waals surface area contributed by atoms with Gasteiger partial charge in [0, 0.05) is 24.5 Å². The Kier molecular flexibility index (Phi) is 5.08. The molecule has 2 aromatic rings. The quantitative estimate of drug-likeness (QED) is 0.880. The highest BCUT2D eigenvalue weighted by molar-refractivity contribution is 7.89. The zero-order valence-corrected chi connectivity index (χ0v) is 14.9. The molecule has 0 aliphatic carbocycles. The van der Waals surface area contributed by atoms with Crippen LogP contribution < -0.4 is 0 Å². The molecule has 7 heteroatoms. The molecule has 134 valence electrons. The topological polar surface area (TPSA) is 77.9 Å². The van der Waals surface area contributed by atoms with E-state index < -0.39 is 16.0 Å². The fraction of sp³-hybridized carbons (Fsp3) is 0.389. The molecule has 1 saturated heterocycles. The van der Waals surface area contributed by atoms with Gasteiger partial charge in [-0.2, -0.15) is 4.31 Å². The van der Waals surface area contributed by atoms with Gasteiger partial charge in [-0.1, -0.05) is 36.4 Å². The molecule has 0 spiro atoms. The minimum atomic E-state index is -3.56. The van der Waals surface area contributed by atoms with E-state index in [1.807, 2.05) is 30.3 Å². The maximum absolute atomic E-state index is 13.1. The second-order valence-electron chi connectivity index (χ2n) is 6.42. The van der Waals surface area contributed by atoms with Crippen molar-refractivity contribution in [3.05, 3.63) is 42.5 Å². The van der Waals surface area contributed by atoms with Gasteiger partial charge in [-0.25, -0.2) is 8.42 Å². The van der Waals surface area contributed by atoms with E-state index in [0.717, 1.165) is 10.8 Å². The highest BCUT2D eigenvalue weighted by Gasteiger charge is 2.31. The molecule has 1 fully saturated rings. The van der Waals surface area contributed by atoms with Crippen molar-refractivity contribution in [2.24, 2.45) is 0 Å².